The number of aromatic nitrogens is 2. The summed E-state index contributed by atoms with van der Waals surface area (Å²) in [5, 5.41) is 3.35. The predicted molar refractivity (Wildman–Crippen MR) is 109 cm³/mol. The number of nitrogens with zero attached hydrogens (tertiary/aromatic N) is 4. The molecule has 1 aromatic heterocycles. The maximum atomic E-state index is 12.5. The van der Waals surface area contributed by atoms with Crippen LogP contribution in [0.1, 0.15) is 52.4 Å². The molecular weight excluding hydrogens is 354 g/mol. The van der Waals surface area contributed by atoms with E-state index in [9.17, 15) is 4.79 Å². The smallest absolute Gasteiger partial charge is 0.222 e. The van der Waals surface area contributed by atoms with Gasteiger partial charge in [-0.15, -0.1) is 0 Å². The second kappa shape index (κ2) is 8.23. The first-order valence-corrected chi connectivity index (χ1v) is 10.8. The standard InChI is InChI=1S/C21H33N5O2/c1-16(2)24-18-12-19(23-15-22-18)25-9-7-21(8-10-25)6-5-20(27)26(14-21)13-17-4-3-11-28-17/h12,15-17H,3-11,13-14H2,1-2H3,(H,22,23,24)/t17-/m1/s1. The Morgan fingerprint density at radius 2 is 2.11 bits per heavy atom. The van der Waals surface area contributed by atoms with E-state index in [2.05, 4.69) is 38.9 Å². The minimum absolute atomic E-state index is 0.243. The lowest BCUT2D eigenvalue weighted by molar-refractivity contribution is -0.140. The number of carbonyl (C=O) groups is 1. The van der Waals surface area contributed by atoms with Crippen LogP contribution in [-0.4, -0.2) is 65.7 Å². The van der Waals surface area contributed by atoms with Crippen LogP contribution in [0.2, 0.25) is 0 Å². The number of nitrogens with one attached hydrogen (secondary N) is 1. The average molecular weight is 388 g/mol. The van der Waals surface area contributed by atoms with Crippen LogP contribution in [0.25, 0.3) is 0 Å². The minimum atomic E-state index is 0.243. The summed E-state index contributed by atoms with van der Waals surface area (Å²) in [5.74, 6) is 2.19. The quantitative estimate of drug-likeness (QED) is 0.838. The number of anilines is 2. The van der Waals surface area contributed by atoms with Gasteiger partial charge in [-0.3, -0.25) is 4.79 Å². The molecule has 4 rings (SSSR count). The van der Waals surface area contributed by atoms with Crippen LogP contribution in [0.4, 0.5) is 11.6 Å². The zero-order chi connectivity index (χ0) is 19.6. The molecule has 154 valence electrons. The van der Waals surface area contributed by atoms with Gasteiger partial charge < -0.3 is 19.9 Å². The Bertz CT molecular complexity index is 681. The second-order valence-electron chi connectivity index (χ2n) is 8.96. The van der Waals surface area contributed by atoms with Gasteiger partial charge in [0.1, 0.15) is 18.0 Å². The van der Waals surface area contributed by atoms with Crippen molar-refractivity contribution in [2.24, 2.45) is 5.41 Å². The molecular formula is C21H33N5O2. The Kier molecular flexibility index (Phi) is 5.71. The minimum Gasteiger partial charge on any atom is -0.376 e. The van der Waals surface area contributed by atoms with Crippen molar-refractivity contribution in [3.63, 3.8) is 0 Å². The van der Waals surface area contributed by atoms with E-state index in [4.69, 9.17) is 4.74 Å². The highest BCUT2D eigenvalue weighted by Crippen LogP contribution is 2.41. The third-order valence-corrected chi connectivity index (χ3v) is 6.43. The first kappa shape index (κ1) is 19.4. The van der Waals surface area contributed by atoms with E-state index in [-0.39, 0.29) is 11.5 Å². The summed E-state index contributed by atoms with van der Waals surface area (Å²) >= 11 is 0. The fourth-order valence-electron chi connectivity index (χ4n) is 4.82. The van der Waals surface area contributed by atoms with Crippen molar-refractivity contribution in [1.82, 2.24) is 14.9 Å². The zero-order valence-electron chi connectivity index (χ0n) is 17.2. The molecule has 1 atom stereocenters. The Labute approximate surface area is 167 Å². The highest BCUT2D eigenvalue weighted by molar-refractivity contribution is 5.77. The Morgan fingerprint density at radius 3 is 2.82 bits per heavy atom. The summed E-state index contributed by atoms with van der Waals surface area (Å²) in [7, 11) is 0. The first-order chi connectivity index (χ1) is 13.5. The Hall–Kier alpha value is -1.89. The summed E-state index contributed by atoms with van der Waals surface area (Å²) in [6.45, 7) is 8.71. The van der Waals surface area contributed by atoms with Crippen LogP contribution in [-0.2, 0) is 9.53 Å². The van der Waals surface area contributed by atoms with E-state index in [0.717, 1.165) is 76.5 Å². The van der Waals surface area contributed by atoms with Crippen molar-refractivity contribution in [2.45, 2.75) is 64.5 Å². The number of amides is 1. The number of hydrogen-bond acceptors (Lipinski definition) is 6. The number of hydrogen-bond donors (Lipinski definition) is 1. The molecule has 1 spiro atoms. The van der Waals surface area contributed by atoms with E-state index >= 15 is 0 Å². The van der Waals surface area contributed by atoms with Crippen LogP contribution >= 0.6 is 0 Å². The number of ether oxygens (including phenoxy) is 1. The van der Waals surface area contributed by atoms with Gasteiger partial charge in [0.2, 0.25) is 5.91 Å². The number of piperidine rings is 2. The highest BCUT2D eigenvalue weighted by Gasteiger charge is 2.41. The van der Waals surface area contributed by atoms with Gasteiger partial charge in [0.05, 0.1) is 6.10 Å². The fraction of sp³-hybridized carbons (Fsp3) is 0.762. The molecule has 28 heavy (non-hydrogen) atoms. The summed E-state index contributed by atoms with van der Waals surface area (Å²) in [6, 6.07) is 2.40. The SMILES string of the molecule is CC(C)Nc1cc(N2CCC3(CCC(=O)N(C[C@H]4CCCO4)C3)CC2)ncn1. The van der Waals surface area contributed by atoms with Gasteiger partial charge >= 0.3 is 0 Å². The van der Waals surface area contributed by atoms with Crippen LogP contribution in [0.5, 0.6) is 0 Å². The van der Waals surface area contributed by atoms with Crippen LogP contribution in [0, 0.1) is 5.41 Å². The molecule has 3 aliphatic heterocycles. The van der Waals surface area contributed by atoms with Crippen LogP contribution in [0.15, 0.2) is 12.4 Å². The van der Waals surface area contributed by atoms with Gasteiger partial charge in [-0.25, -0.2) is 9.97 Å². The third kappa shape index (κ3) is 4.40. The molecule has 7 nitrogen and oxygen atoms in total. The molecule has 1 aromatic rings. The lowest BCUT2D eigenvalue weighted by atomic mass is 9.72. The van der Waals surface area contributed by atoms with Crippen LogP contribution in [0.3, 0.4) is 0 Å². The molecule has 3 saturated heterocycles. The molecule has 0 saturated carbocycles. The van der Waals surface area contributed by atoms with Gasteiger partial charge in [-0.1, -0.05) is 0 Å². The van der Waals surface area contributed by atoms with Crippen molar-refractivity contribution in [3.8, 4) is 0 Å². The summed E-state index contributed by atoms with van der Waals surface area (Å²) in [6.07, 6.45) is 8.02. The van der Waals surface area contributed by atoms with Crippen molar-refractivity contribution in [3.05, 3.63) is 12.4 Å². The van der Waals surface area contributed by atoms with Gasteiger partial charge in [0, 0.05) is 51.3 Å². The average Bonchev–Trinajstić information content (AvgIpc) is 3.18. The monoisotopic (exact) mass is 387 g/mol. The van der Waals surface area contributed by atoms with E-state index < -0.39 is 0 Å². The highest BCUT2D eigenvalue weighted by atomic mass is 16.5. The largest absolute Gasteiger partial charge is 0.376 e. The molecule has 4 heterocycles. The lowest BCUT2D eigenvalue weighted by Gasteiger charge is -2.48. The van der Waals surface area contributed by atoms with E-state index in [1.807, 2.05) is 6.07 Å². The maximum absolute atomic E-state index is 12.5. The number of carbonyl (C=O) groups excluding carboxylic acids is 1. The number of likely N-dealkylation sites (tertiary alicyclic amines) is 1. The third-order valence-electron chi connectivity index (χ3n) is 6.43. The van der Waals surface area contributed by atoms with Crippen molar-refractivity contribution < 1.29 is 9.53 Å². The fourth-order valence-corrected chi connectivity index (χ4v) is 4.82. The molecule has 7 heteroatoms. The van der Waals surface area contributed by atoms with E-state index in [1.165, 1.54) is 0 Å². The zero-order valence-corrected chi connectivity index (χ0v) is 17.2. The molecule has 1 N–H and O–H groups in total. The molecule has 0 aromatic carbocycles. The van der Waals surface area contributed by atoms with Gasteiger partial charge in [0.15, 0.2) is 0 Å². The van der Waals surface area contributed by atoms with Crippen molar-refractivity contribution in [2.75, 3.05) is 43.0 Å². The van der Waals surface area contributed by atoms with E-state index in [0.29, 0.717) is 18.4 Å². The summed E-state index contributed by atoms with van der Waals surface area (Å²) < 4.78 is 5.77. The van der Waals surface area contributed by atoms with Gasteiger partial charge in [-0.2, -0.15) is 0 Å². The molecule has 0 unspecified atom stereocenters. The Morgan fingerprint density at radius 1 is 1.29 bits per heavy atom. The second-order valence-corrected chi connectivity index (χ2v) is 8.96. The topological polar surface area (TPSA) is 70.6 Å². The van der Waals surface area contributed by atoms with Crippen LogP contribution < -0.4 is 10.2 Å². The lowest BCUT2D eigenvalue weighted by Crippen LogP contribution is -2.53. The van der Waals surface area contributed by atoms with Crippen molar-refractivity contribution >= 4 is 17.5 Å². The van der Waals surface area contributed by atoms with E-state index in [1.54, 1.807) is 6.33 Å². The number of rotatable bonds is 5. The normalized spacial score (nSPS) is 25.0. The van der Waals surface area contributed by atoms with Gasteiger partial charge in [-0.05, 0) is 51.4 Å². The molecule has 0 radical (unpaired) electrons. The molecule has 0 aliphatic carbocycles. The molecule has 0 bridgehead atoms. The molecule has 3 aliphatic rings. The Balaban J connectivity index is 1.37. The predicted octanol–water partition coefficient (Wildman–Crippen LogP) is 2.68. The first-order valence-electron chi connectivity index (χ1n) is 10.8. The summed E-state index contributed by atoms with van der Waals surface area (Å²) in [4.78, 5) is 25.7. The van der Waals surface area contributed by atoms with Crippen molar-refractivity contribution in [1.29, 1.82) is 0 Å². The molecule has 1 amide bonds. The molecule has 3 fully saturated rings. The summed E-state index contributed by atoms with van der Waals surface area (Å²) in [5.41, 5.74) is 0.259. The van der Waals surface area contributed by atoms with Gasteiger partial charge in [0.25, 0.3) is 0 Å². The maximum Gasteiger partial charge on any atom is 0.222 e.